The van der Waals surface area contributed by atoms with Crippen LogP contribution >= 0.6 is 0 Å². The molecule has 1 heterocycles. The number of nitrogens with zero attached hydrogens (tertiary/aromatic N) is 1. The maximum atomic E-state index is 13.1. The van der Waals surface area contributed by atoms with Crippen LogP contribution in [0.25, 0.3) is 6.08 Å². The summed E-state index contributed by atoms with van der Waals surface area (Å²) in [5, 5.41) is 0. The number of carbonyl (C=O) groups excluding carboxylic acids is 2. The number of ether oxygens (including phenoxy) is 2. The number of amides is 1. The number of methoxy groups -OCH3 is 2. The third-order valence-electron chi connectivity index (χ3n) is 4.79. The Morgan fingerprint density at radius 3 is 2.32 bits per heavy atom. The van der Waals surface area contributed by atoms with E-state index in [4.69, 9.17) is 9.47 Å². The van der Waals surface area contributed by atoms with Gasteiger partial charge < -0.3 is 14.4 Å². The molecule has 0 saturated carbocycles. The molecule has 0 spiro atoms. The Hall–Kier alpha value is -3.34. The zero-order valence-electron chi connectivity index (χ0n) is 16.3. The number of benzene rings is 2. The molecule has 0 atom stereocenters. The quantitative estimate of drug-likeness (QED) is 0.570. The van der Waals surface area contributed by atoms with Crippen LogP contribution in [0.3, 0.4) is 0 Å². The molecule has 28 heavy (non-hydrogen) atoms. The maximum absolute atomic E-state index is 13.1. The van der Waals surface area contributed by atoms with Gasteiger partial charge in [-0.3, -0.25) is 4.79 Å². The molecule has 5 heteroatoms. The van der Waals surface area contributed by atoms with Crippen molar-refractivity contribution in [3.05, 3.63) is 82.6 Å². The van der Waals surface area contributed by atoms with Crippen molar-refractivity contribution in [3.8, 4) is 5.75 Å². The molecule has 0 aliphatic carbocycles. The smallest absolute Gasteiger partial charge is 0.340 e. The number of hydrogen-bond donors (Lipinski definition) is 0. The first-order chi connectivity index (χ1) is 13.5. The van der Waals surface area contributed by atoms with Gasteiger partial charge in [0, 0.05) is 12.2 Å². The molecule has 3 rings (SSSR count). The van der Waals surface area contributed by atoms with Gasteiger partial charge in [0.25, 0.3) is 5.91 Å². The Bertz CT molecular complexity index is 927. The minimum Gasteiger partial charge on any atom is -0.497 e. The minimum absolute atomic E-state index is 0.190. The van der Waals surface area contributed by atoms with Crippen LogP contribution in [0.4, 0.5) is 0 Å². The Morgan fingerprint density at radius 2 is 1.71 bits per heavy atom. The van der Waals surface area contributed by atoms with Crippen LogP contribution in [-0.2, 0) is 20.7 Å². The first kappa shape index (κ1) is 19.4. The van der Waals surface area contributed by atoms with Gasteiger partial charge in [-0.05, 0) is 42.7 Å². The number of allylic oxidation sites excluding steroid dienone is 1. The third-order valence-corrected chi connectivity index (χ3v) is 4.79. The number of carbonyl (C=O) groups is 2. The summed E-state index contributed by atoms with van der Waals surface area (Å²) in [6.45, 7) is 2.28. The van der Waals surface area contributed by atoms with Crippen molar-refractivity contribution < 1.29 is 19.1 Å². The zero-order chi connectivity index (χ0) is 20.1. The summed E-state index contributed by atoms with van der Waals surface area (Å²) < 4.78 is 10.1. The Morgan fingerprint density at radius 1 is 1.04 bits per heavy atom. The summed E-state index contributed by atoms with van der Waals surface area (Å²) in [7, 11) is 2.92. The van der Waals surface area contributed by atoms with Crippen molar-refractivity contribution in [2.75, 3.05) is 20.8 Å². The van der Waals surface area contributed by atoms with Crippen molar-refractivity contribution in [3.63, 3.8) is 0 Å². The van der Waals surface area contributed by atoms with E-state index in [-0.39, 0.29) is 5.91 Å². The predicted molar refractivity (Wildman–Crippen MR) is 108 cm³/mol. The van der Waals surface area contributed by atoms with Crippen LogP contribution in [0.1, 0.15) is 18.1 Å². The zero-order valence-corrected chi connectivity index (χ0v) is 16.3. The van der Waals surface area contributed by atoms with Crippen LogP contribution < -0.4 is 4.74 Å². The van der Waals surface area contributed by atoms with Crippen LogP contribution in [0.15, 0.2) is 71.4 Å². The van der Waals surface area contributed by atoms with Gasteiger partial charge in [0.15, 0.2) is 0 Å². The molecule has 0 N–H and O–H groups in total. The second-order valence-corrected chi connectivity index (χ2v) is 6.48. The highest BCUT2D eigenvalue weighted by Crippen LogP contribution is 2.32. The lowest BCUT2D eigenvalue weighted by Gasteiger charge is -2.17. The number of esters is 1. The lowest BCUT2D eigenvalue weighted by Crippen LogP contribution is -2.27. The summed E-state index contributed by atoms with van der Waals surface area (Å²) >= 11 is 0. The molecule has 0 bridgehead atoms. The first-order valence-corrected chi connectivity index (χ1v) is 9.06. The molecule has 2 aromatic rings. The standard InChI is InChI=1S/C23H23NO4/c1-16-21(23(26)28-3)20(15-18-9-11-19(27-2)12-10-18)22(25)24(16)14-13-17-7-5-4-6-8-17/h4-12,15H,13-14H2,1-3H3/b20-15-. The molecule has 1 aliphatic heterocycles. The van der Waals surface area contributed by atoms with E-state index in [1.165, 1.54) is 7.11 Å². The van der Waals surface area contributed by atoms with E-state index < -0.39 is 5.97 Å². The van der Waals surface area contributed by atoms with E-state index in [2.05, 4.69) is 0 Å². The van der Waals surface area contributed by atoms with Crippen LogP contribution in [0, 0.1) is 0 Å². The van der Waals surface area contributed by atoms with Crippen molar-refractivity contribution in [1.82, 2.24) is 4.90 Å². The molecule has 0 radical (unpaired) electrons. The van der Waals surface area contributed by atoms with Crippen molar-refractivity contribution in [2.24, 2.45) is 0 Å². The Balaban J connectivity index is 1.91. The van der Waals surface area contributed by atoms with Crippen molar-refractivity contribution >= 4 is 18.0 Å². The fourth-order valence-corrected chi connectivity index (χ4v) is 3.25. The lowest BCUT2D eigenvalue weighted by atomic mass is 10.0. The summed E-state index contributed by atoms with van der Waals surface area (Å²) in [6, 6.07) is 17.3. The molecule has 1 amide bonds. The highest BCUT2D eigenvalue weighted by Gasteiger charge is 2.36. The van der Waals surface area contributed by atoms with Crippen LogP contribution in [-0.4, -0.2) is 37.5 Å². The topological polar surface area (TPSA) is 55.8 Å². The normalized spacial score (nSPS) is 15.3. The molecule has 2 aromatic carbocycles. The van der Waals surface area contributed by atoms with E-state index >= 15 is 0 Å². The molecule has 0 unspecified atom stereocenters. The van der Waals surface area contributed by atoms with Crippen molar-refractivity contribution in [1.29, 1.82) is 0 Å². The second-order valence-electron chi connectivity index (χ2n) is 6.48. The third kappa shape index (κ3) is 3.98. The SMILES string of the molecule is COC(=O)C1=C(C)N(CCc2ccccc2)C(=O)/C1=C\c1ccc(OC)cc1. The van der Waals surface area contributed by atoms with Gasteiger partial charge in [0.1, 0.15) is 5.75 Å². The molecular formula is C23H23NO4. The molecule has 144 valence electrons. The van der Waals surface area contributed by atoms with Crippen LogP contribution in [0.2, 0.25) is 0 Å². The Kier molecular flexibility index (Phi) is 5.94. The minimum atomic E-state index is -0.507. The van der Waals surface area contributed by atoms with E-state index in [1.807, 2.05) is 54.6 Å². The highest BCUT2D eigenvalue weighted by molar-refractivity contribution is 6.16. The molecule has 0 fully saturated rings. The van der Waals surface area contributed by atoms with Gasteiger partial charge in [-0.15, -0.1) is 0 Å². The second kappa shape index (κ2) is 8.57. The summed E-state index contributed by atoms with van der Waals surface area (Å²) in [5.74, 6) is 0.0294. The van der Waals surface area contributed by atoms with E-state index in [0.29, 0.717) is 29.8 Å². The molecule has 0 aromatic heterocycles. The summed E-state index contributed by atoms with van der Waals surface area (Å²) in [6.07, 6.45) is 2.42. The van der Waals surface area contributed by atoms with E-state index in [9.17, 15) is 9.59 Å². The average molecular weight is 377 g/mol. The molecule has 5 nitrogen and oxygen atoms in total. The number of rotatable bonds is 6. The van der Waals surface area contributed by atoms with Gasteiger partial charge in [-0.1, -0.05) is 42.5 Å². The predicted octanol–water partition coefficient (Wildman–Crippen LogP) is 3.61. The Labute approximate surface area is 164 Å². The van der Waals surface area contributed by atoms with Gasteiger partial charge >= 0.3 is 5.97 Å². The fraction of sp³-hybridized carbons (Fsp3) is 0.217. The van der Waals surface area contributed by atoms with Gasteiger partial charge in [-0.2, -0.15) is 0 Å². The maximum Gasteiger partial charge on any atom is 0.340 e. The van der Waals surface area contributed by atoms with E-state index in [1.54, 1.807) is 25.0 Å². The number of hydrogen-bond acceptors (Lipinski definition) is 4. The monoisotopic (exact) mass is 377 g/mol. The molecule has 0 saturated heterocycles. The van der Waals surface area contributed by atoms with E-state index in [0.717, 1.165) is 16.9 Å². The lowest BCUT2D eigenvalue weighted by molar-refractivity contribution is -0.136. The summed E-state index contributed by atoms with van der Waals surface area (Å²) in [5.41, 5.74) is 3.23. The van der Waals surface area contributed by atoms with Gasteiger partial charge in [0.2, 0.25) is 0 Å². The van der Waals surface area contributed by atoms with Crippen molar-refractivity contribution in [2.45, 2.75) is 13.3 Å². The molecule has 1 aliphatic rings. The van der Waals surface area contributed by atoms with Crippen LogP contribution in [0.5, 0.6) is 5.75 Å². The summed E-state index contributed by atoms with van der Waals surface area (Å²) in [4.78, 5) is 27.1. The van der Waals surface area contributed by atoms with Gasteiger partial charge in [-0.25, -0.2) is 4.79 Å². The highest BCUT2D eigenvalue weighted by atomic mass is 16.5. The molecular weight excluding hydrogens is 354 g/mol. The van der Waals surface area contributed by atoms with Gasteiger partial charge in [0.05, 0.1) is 25.4 Å². The average Bonchev–Trinajstić information content (AvgIpc) is 2.96. The fourth-order valence-electron chi connectivity index (χ4n) is 3.25. The largest absolute Gasteiger partial charge is 0.497 e. The first-order valence-electron chi connectivity index (χ1n) is 9.06.